The van der Waals surface area contributed by atoms with Crippen molar-refractivity contribution in [1.82, 2.24) is 9.97 Å². The lowest BCUT2D eigenvalue weighted by atomic mass is 10.2. The van der Waals surface area contributed by atoms with Crippen LogP contribution < -0.4 is 10.5 Å². The highest BCUT2D eigenvalue weighted by Gasteiger charge is 2.11. The number of rotatable bonds is 2. The molecule has 7 heteroatoms. The van der Waals surface area contributed by atoms with Gasteiger partial charge in [-0.3, -0.25) is 0 Å². The van der Waals surface area contributed by atoms with Gasteiger partial charge in [-0.2, -0.15) is 5.26 Å². The summed E-state index contributed by atoms with van der Waals surface area (Å²) in [6.07, 6.45) is 1.99. The van der Waals surface area contributed by atoms with Gasteiger partial charge in [0.1, 0.15) is 0 Å². The van der Waals surface area contributed by atoms with E-state index in [1.54, 1.807) is 6.07 Å². The SMILES string of the molecule is N#Cc1cc(N)c(Oc2ncc(F)cn2)c(I)c1. The first-order valence-electron chi connectivity index (χ1n) is 4.74. The van der Waals surface area contributed by atoms with E-state index in [0.717, 1.165) is 12.4 Å². The van der Waals surface area contributed by atoms with Crippen LogP contribution in [-0.4, -0.2) is 9.97 Å². The molecule has 0 aliphatic heterocycles. The summed E-state index contributed by atoms with van der Waals surface area (Å²) in [6, 6.07) is 5.09. The van der Waals surface area contributed by atoms with Crippen LogP contribution in [0.2, 0.25) is 0 Å². The van der Waals surface area contributed by atoms with E-state index in [1.807, 2.05) is 28.7 Å². The average molecular weight is 356 g/mol. The van der Waals surface area contributed by atoms with Gasteiger partial charge in [0.15, 0.2) is 11.6 Å². The third-order valence-electron chi connectivity index (χ3n) is 1.99. The number of nitrogens with zero attached hydrogens (tertiary/aromatic N) is 3. The van der Waals surface area contributed by atoms with E-state index in [0.29, 0.717) is 20.6 Å². The smallest absolute Gasteiger partial charge is 0.322 e. The Kier molecular flexibility index (Phi) is 3.57. The molecule has 1 heterocycles. The number of benzene rings is 1. The summed E-state index contributed by atoms with van der Waals surface area (Å²) in [7, 11) is 0. The number of nitriles is 1. The van der Waals surface area contributed by atoms with Gasteiger partial charge in [-0.05, 0) is 34.7 Å². The fourth-order valence-corrected chi connectivity index (χ4v) is 1.99. The van der Waals surface area contributed by atoms with E-state index in [4.69, 9.17) is 15.7 Å². The predicted octanol–water partition coefficient (Wildman–Crippen LogP) is 2.47. The van der Waals surface area contributed by atoms with Gasteiger partial charge in [0.05, 0.1) is 33.3 Å². The van der Waals surface area contributed by atoms with Crippen molar-refractivity contribution >= 4 is 28.3 Å². The second-order valence-electron chi connectivity index (χ2n) is 3.27. The fourth-order valence-electron chi connectivity index (χ4n) is 1.23. The molecule has 0 atom stereocenters. The first kappa shape index (κ1) is 12.5. The van der Waals surface area contributed by atoms with Gasteiger partial charge >= 0.3 is 6.01 Å². The van der Waals surface area contributed by atoms with Crippen LogP contribution >= 0.6 is 22.6 Å². The summed E-state index contributed by atoms with van der Waals surface area (Å²) in [6.45, 7) is 0. The first-order valence-corrected chi connectivity index (χ1v) is 5.82. The lowest BCUT2D eigenvalue weighted by molar-refractivity contribution is 0.435. The van der Waals surface area contributed by atoms with Gasteiger partial charge in [-0.25, -0.2) is 14.4 Å². The van der Waals surface area contributed by atoms with Crippen molar-refractivity contribution in [1.29, 1.82) is 5.26 Å². The van der Waals surface area contributed by atoms with Crippen LogP contribution in [0.5, 0.6) is 11.8 Å². The fraction of sp³-hybridized carbons (Fsp3) is 0. The van der Waals surface area contributed by atoms with E-state index >= 15 is 0 Å². The lowest BCUT2D eigenvalue weighted by Gasteiger charge is -2.09. The minimum Gasteiger partial charge on any atom is -0.421 e. The topological polar surface area (TPSA) is 84.8 Å². The maximum atomic E-state index is 12.6. The van der Waals surface area contributed by atoms with Crippen molar-refractivity contribution in [3.8, 4) is 17.8 Å². The molecule has 2 rings (SSSR count). The Bertz CT molecular complexity index is 601. The normalized spacial score (nSPS) is 9.83. The predicted molar refractivity (Wildman–Crippen MR) is 70.4 cm³/mol. The minimum atomic E-state index is -0.551. The third-order valence-corrected chi connectivity index (χ3v) is 2.79. The van der Waals surface area contributed by atoms with Crippen LogP contribution in [-0.2, 0) is 0 Å². The van der Waals surface area contributed by atoms with Gasteiger partial charge in [-0.15, -0.1) is 0 Å². The molecule has 0 saturated carbocycles. The molecule has 5 nitrogen and oxygen atoms in total. The molecule has 2 aromatic rings. The molecule has 0 bridgehead atoms. The summed E-state index contributed by atoms with van der Waals surface area (Å²) in [5.41, 5.74) is 6.50. The molecule has 0 aliphatic carbocycles. The molecule has 0 spiro atoms. The number of ether oxygens (including phenoxy) is 1. The molecule has 0 saturated heterocycles. The maximum absolute atomic E-state index is 12.6. The van der Waals surface area contributed by atoms with E-state index in [-0.39, 0.29) is 6.01 Å². The number of hydrogen-bond acceptors (Lipinski definition) is 5. The Labute approximate surface area is 116 Å². The quantitative estimate of drug-likeness (QED) is 0.660. The van der Waals surface area contributed by atoms with E-state index < -0.39 is 5.82 Å². The van der Waals surface area contributed by atoms with Crippen LogP contribution in [0, 0.1) is 20.7 Å². The number of nitrogens with two attached hydrogens (primary N) is 1. The molecule has 1 aromatic carbocycles. The molecular formula is C11H6FIN4O. The Hall–Kier alpha value is -1.95. The molecule has 0 amide bonds. The van der Waals surface area contributed by atoms with E-state index in [1.165, 1.54) is 6.07 Å². The minimum absolute atomic E-state index is 0.00859. The zero-order chi connectivity index (χ0) is 13.1. The number of anilines is 1. The standard InChI is InChI=1S/C11H6FIN4O/c12-7-4-16-11(17-5-7)18-10-8(13)1-6(3-14)2-9(10)15/h1-2,4-5H,15H2. The van der Waals surface area contributed by atoms with Gasteiger partial charge in [0.25, 0.3) is 0 Å². The van der Waals surface area contributed by atoms with Gasteiger partial charge < -0.3 is 10.5 Å². The van der Waals surface area contributed by atoms with Crippen molar-refractivity contribution in [3.63, 3.8) is 0 Å². The zero-order valence-corrected chi connectivity index (χ0v) is 11.1. The van der Waals surface area contributed by atoms with Crippen molar-refractivity contribution in [2.24, 2.45) is 0 Å². The average Bonchev–Trinajstić information content (AvgIpc) is 2.35. The molecule has 18 heavy (non-hydrogen) atoms. The Morgan fingerprint density at radius 3 is 2.56 bits per heavy atom. The van der Waals surface area contributed by atoms with E-state index in [9.17, 15) is 4.39 Å². The second kappa shape index (κ2) is 5.14. The Morgan fingerprint density at radius 1 is 1.33 bits per heavy atom. The Balaban J connectivity index is 2.35. The number of nitrogen functional groups attached to an aromatic ring is 1. The van der Waals surface area contributed by atoms with Gasteiger partial charge in [-0.1, -0.05) is 0 Å². The van der Waals surface area contributed by atoms with Crippen LogP contribution in [0.25, 0.3) is 0 Å². The first-order chi connectivity index (χ1) is 8.60. The highest BCUT2D eigenvalue weighted by atomic mass is 127. The number of halogens is 2. The molecule has 0 unspecified atom stereocenters. The largest absolute Gasteiger partial charge is 0.421 e. The number of hydrogen-bond donors (Lipinski definition) is 1. The summed E-state index contributed by atoms with van der Waals surface area (Å²) >= 11 is 1.98. The maximum Gasteiger partial charge on any atom is 0.322 e. The van der Waals surface area contributed by atoms with Crippen LogP contribution in [0.4, 0.5) is 10.1 Å². The molecule has 0 fully saturated rings. The summed E-state index contributed by atoms with van der Waals surface area (Å²) in [5, 5.41) is 8.78. The molecule has 2 N–H and O–H groups in total. The Morgan fingerprint density at radius 2 is 2.00 bits per heavy atom. The molecule has 0 radical (unpaired) electrons. The van der Waals surface area contributed by atoms with E-state index in [2.05, 4.69) is 9.97 Å². The van der Waals surface area contributed by atoms with Crippen molar-refractivity contribution in [3.05, 3.63) is 39.5 Å². The van der Waals surface area contributed by atoms with Crippen molar-refractivity contribution in [2.45, 2.75) is 0 Å². The van der Waals surface area contributed by atoms with Crippen LogP contribution in [0.1, 0.15) is 5.56 Å². The van der Waals surface area contributed by atoms with Crippen molar-refractivity contribution < 1.29 is 9.13 Å². The highest BCUT2D eigenvalue weighted by Crippen LogP contribution is 2.32. The number of aromatic nitrogens is 2. The monoisotopic (exact) mass is 356 g/mol. The molecule has 90 valence electrons. The van der Waals surface area contributed by atoms with Crippen molar-refractivity contribution in [2.75, 3.05) is 5.73 Å². The van der Waals surface area contributed by atoms with Gasteiger partial charge in [0.2, 0.25) is 0 Å². The summed E-state index contributed by atoms with van der Waals surface area (Å²) < 4.78 is 18.7. The van der Waals surface area contributed by atoms with Crippen LogP contribution in [0.3, 0.4) is 0 Å². The molecule has 1 aromatic heterocycles. The molecule has 0 aliphatic rings. The summed E-state index contributed by atoms with van der Waals surface area (Å²) in [5.74, 6) is -0.203. The zero-order valence-electron chi connectivity index (χ0n) is 8.89. The third kappa shape index (κ3) is 2.65. The van der Waals surface area contributed by atoms with Crippen LogP contribution in [0.15, 0.2) is 24.5 Å². The second-order valence-corrected chi connectivity index (χ2v) is 4.44. The summed E-state index contributed by atoms with van der Waals surface area (Å²) in [4.78, 5) is 7.33. The van der Waals surface area contributed by atoms with Gasteiger partial charge in [0, 0.05) is 0 Å². The molecular weight excluding hydrogens is 350 g/mol. The highest BCUT2D eigenvalue weighted by molar-refractivity contribution is 14.1. The lowest BCUT2D eigenvalue weighted by Crippen LogP contribution is -1.99.